The van der Waals surface area contributed by atoms with Crippen molar-refractivity contribution >= 4 is 11.9 Å². The van der Waals surface area contributed by atoms with Crippen molar-refractivity contribution in [3.63, 3.8) is 0 Å². The summed E-state index contributed by atoms with van der Waals surface area (Å²) in [5.41, 5.74) is 0.284. The van der Waals surface area contributed by atoms with E-state index in [-0.39, 0.29) is 17.0 Å². The molecule has 1 fully saturated rings. The smallest absolute Gasteiger partial charge is 0.336 e. The molecule has 0 bridgehead atoms. The van der Waals surface area contributed by atoms with Crippen LogP contribution in [0.5, 0.6) is 0 Å². The molecule has 1 amide bonds. The highest BCUT2D eigenvalue weighted by atomic mass is 16.4. The first kappa shape index (κ1) is 11.6. The molecule has 17 heavy (non-hydrogen) atoms. The molecule has 0 saturated heterocycles. The van der Waals surface area contributed by atoms with Crippen LogP contribution >= 0.6 is 0 Å². The van der Waals surface area contributed by atoms with Gasteiger partial charge < -0.3 is 10.4 Å². The number of rotatable bonds is 5. The van der Waals surface area contributed by atoms with Crippen LogP contribution in [0.1, 0.15) is 40.0 Å². The molecular formula is C13H15NO3. The lowest BCUT2D eigenvalue weighted by Crippen LogP contribution is -2.26. The van der Waals surface area contributed by atoms with Crippen molar-refractivity contribution in [3.05, 3.63) is 35.4 Å². The van der Waals surface area contributed by atoms with Crippen molar-refractivity contribution < 1.29 is 14.7 Å². The Morgan fingerprint density at radius 3 is 2.47 bits per heavy atom. The summed E-state index contributed by atoms with van der Waals surface area (Å²) in [5.74, 6) is -0.619. The zero-order valence-electron chi connectivity index (χ0n) is 9.48. The SMILES string of the molecule is O=C(O)c1ccccc1C(=O)NCCC1CC1. The van der Waals surface area contributed by atoms with Gasteiger partial charge in [0.2, 0.25) is 0 Å². The lowest BCUT2D eigenvalue weighted by Gasteiger charge is -2.07. The van der Waals surface area contributed by atoms with Gasteiger partial charge in [-0.15, -0.1) is 0 Å². The van der Waals surface area contributed by atoms with Gasteiger partial charge in [-0.05, 0) is 24.5 Å². The summed E-state index contributed by atoms with van der Waals surface area (Å²) < 4.78 is 0. The Morgan fingerprint density at radius 2 is 1.88 bits per heavy atom. The van der Waals surface area contributed by atoms with Gasteiger partial charge in [0.05, 0.1) is 11.1 Å². The highest BCUT2D eigenvalue weighted by molar-refractivity contribution is 6.04. The molecule has 0 spiro atoms. The fraction of sp³-hybridized carbons (Fsp3) is 0.385. The molecule has 0 heterocycles. The van der Waals surface area contributed by atoms with Crippen LogP contribution < -0.4 is 5.32 Å². The Kier molecular flexibility index (Phi) is 3.42. The first-order valence-electron chi connectivity index (χ1n) is 5.79. The Labute approximate surface area is 99.6 Å². The Morgan fingerprint density at radius 1 is 1.24 bits per heavy atom. The van der Waals surface area contributed by atoms with Gasteiger partial charge in [0, 0.05) is 6.54 Å². The average molecular weight is 233 g/mol. The normalized spacial score (nSPS) is 14.4. The van der Waals surface area contributed by atoms with E-state index in [2.05, 4.69) is 5.32 Å². The summed E-state index contributed by atoms with van der Waals surface area (Å²) in [7, 11) is 0. The van der Waals surface area contributed by atoms with E-state index >= 15 is 0 Å². The minimum atomic E-state index is -1.07. The van der Waals surface area contributed by atoms with E-state index in [4.69, 9.17) is 5.11 Å². The third kappa shape index (κ3) is 3.06. The highest BCUT2D eigenvalue weighted by Gasteiger charge is 2.21. The molecule has 0 aromatic heterocycles. The first-order valence-corrected chi connectivity index (χ1v) is 5.79. The number of nitrogens with one attached hydrogen (secondary N) is 1. The summed E-state index contributed by atoms with van der Waals surface area (Å²) in [6.07, 6.45) is 3.49. The fourth-order valence-electron chi connectivity index (χ4n) is 1.76. The maximum atomic E-state index is 11.8. The maximum absolute atomic E-state index is 11.8. The van der Waals surface area contributed by atoms with Crippen molar-refractivity contribution in [1.82, 2.24) is 5.32 Å². The lowest BCUT2D eigenvalue weighted by molar-refractivity contribution is 0.0691. The van der Waals surface area contributed by atoms with E-state index in [0.29, 0.717) is 6.54 Å². The third-order valence-corrected chi connectivity index (χ3v) is 2.94. The van der Waals surface area contributed by atoms with Gasteiger partial charge in [0.25, 0.3) is 5.91 Å². The number of aromatic carboxylic acids is 1. The van der Waals surface area contributed by atoms with Gasteiger partial charge >= 0.3 is 5.97 Å². The van der Waals surface area contributed by atoms with E-state index in [0.717, 1.165) is 12.3 Å². The maximum Gasteiger partial charge on any atom is 0.336 e. The summed E-state index contributed by atoms with van der Waals surface area (Å²) in [6, 6.07) is 6.26. The van der Waals surface area contributed by atoms with E-state index in [1.54, 1.807) is 12.1 Å². The molecule has 0 atom stereocenters. The van der Waals surface area contributed by atoms with Gasteiger partial charge in [0.1, 0.15) is 0 Å². The van der Waals surface area contributed by atoms with Crippen molar-refractivity contribution in [2.75, 3.05) is 6.54 Å². The molecule has 1 aliphatic rings. The van der Waals surface area contributed by atoms with Crippen LogP contribution in [0.15, 0.2) is 24.3 Å². The second-order valence-electron chi connectivity index (χ2n) is 4.34. The molecule has 4 heteroatoms. The molecule has 0 radical (unpaired) electrons. The number of amides is 1. The quantitative estimate of drug-likeness (QED) is 0.816. The monoisotopic (exact) mass is 233 g/mol. The van der Waals surface area contributed by atoms with Gasteiger partial charge in [-0.2, -0.15) is 0 Å². The second kappa shape index (κ2) is 4.99. The molecular weight excluding hydrogens is 218 g/mol. The van der Waals surface area contributed by atoms with E-state index < -0.39 is 5.97 Å². The van der Waals surface area contributed by atoms with Crippen molar-refractivity contribution in [3.8, 4) is 0 Å². The zero-order valence-corrected chi connectivity index (χ0v) is 9.48. The zero-order chi connectivity index (χ0) is 12.3. The van der Waals surface area contributed by atoms with Crippen LogP contribution in [0, 0.1) is 5.92 Å². The molecule has 90 valence electrons. The van der Waals surface area contributed by atoms with E-state index in [9.17, 15) is 9.59 Å². The second-order valence-corrected chi connectivity index (χ2v) is 4.34. The Hall–Kier alpha value is -1.84. The fourth-order valence-corrected chi connectivity index (χ4v) is 1.76. The Bertz CT molecular complexity index is 438. The molecule has 2 N–H and O–H groups in total. The molecule has 0 unspecified atom stereocenters. The van der Waals surface area contributed by atoms with E-state index in [1.807, 2.05) is 0 Å². The summed E-state index contributed by atoms with van der Waals surface area (Å²) in [4.78, 5) is 22.7. The summed E-state index contributed by atoms with van der Waals surface area (Å²) in [5, 5.41) is 11.7. The molecule has 1 aromatic rings. The molecule has 1 saturated carbocycles. The molecule has 4 nitrogen and oxygen atoms in total. The lowest BCUT2D eigenvalue weighted by atomic mass is 10.1. The molecule has 1 aliphatic carbocycles. The van der Waals surface area contributed by atoms with Crippen LogP contribution in [-0.2, 0) is 0 Å². The minimum Gasteiger partial charge on any atom is -0.478 e. The average Bonchev–Trinajstić information content (AvgIpc) is 3.13. The van der Waals surface area contributed by atoms with Gasteiger partial charge in [-0.25, -0.2) is 4.79 Å². The van der Waals surface area contributed by atoms with Crippen LogP contribution in [0.4, 0.5) is 0 Å². The number of carbonyl (C=O) groups excluding carboxylic acids is 1. The van der Waals surface area contributed by atoms with Crippen molar-refractivity contribution in [2.24, 2.45) is 5.92 Å². The highest BCUT2D eigenvalue weighted by Crippen LogP contribution is 2.31. The first-order chi connectivity index (χ1) is 8.18. The molecule has 2 rings (SSSR count). The van der Waals surface area contributed by atoms with Crippen LogP contribution in [0.3, 0.4) is 0 Å². The summed E-state index contributed by atoms with van der Waals surface area (Å²) in [6.45, 7) is 0.622. The Balaban J connectivity index is 1.99. The largest absolute Gasteiger partial charge is 0.478 e. The summed E-state index contributed by atoms with van der Waals surface area (Å²) >= 11 is 0. The number of carboxylic acids is 1. The number of benzene rings is 1. The predicted octanol–water partition coefficient (Wildman–Crippen LogP) is 1.91. The minimum absolute atomic E-state index is 0.0522. The number of hydrogen-bond donors (Lipinski definition) is 2. The number of hydrogen-bond acceptors (Lipinski definition) is 2. The van der Waals surface area contributed by atoms with Gasteiger partial charge in [0.15, 0.2) is 0 Å². The number of carboxylic acid groups (broad SMARTS) is 1. The molecule has 0 aliphatic heterocycles. The van der Waals surface area contributed by atoms with Crippen molar-refractivity contribution in [2.45, 2.75) is 19.3 Å². The third-order valence-electron chi connectivity index (χ3n) is 2.94. The van der Waals surface area contributed by atoms with Crippen LogP contribution in [-0.4, -0.2) is 23.5 Å². The van der Waals surface area contributed by atoms with Gasteiger partial charge in [-0.1, -0.05) is 25.0 Å². The van der Waals surface area contributed by atoms with Gasteiger partial charge in [-0.3, -0.25) is 4.79 Å². The topological polar surface area (TPSA) is 66.4 Å². The van der Waals surface area contributed by atoms with Crippen LogP contribution in [0.25, 0.3) is 0 Å². The standard InChI is InChI=1S/C13H15NO3/c15-12(14-8-7-9-5-6-9)10-3-1-2-4-11(10)13(16)17/h1-4,9H,5-8H2,(H,14,15)(H,16,17). The predicted molar refractivity (Wildman–Crippen MR) is 63.1 cm³/mol. The van der Waals surface area contributed by atoms with E-state index in [1.165, 1.54) is 25.0 Å². The molecule has 1 aromatic carbocycles. The van der Waals surface area contributed by atoms with Crippen LogP contribution in [0.2, 0.25) is 0 Å². The number of carbonyl (C=O) groups is 2. The van der Waals surface area contributed by atoms with Crippen molar-refractivity contribution in [1.29, 1.82) is 0 Å².